The van der Waals surface area contributed by atoms with Gasteiger partial charge in [0.25, 0.3) is 0 Å². The molecule has 1 heterocycles. The molecule has 7 nitrogen and oxygen atoms in total. The van der Waals surface area contributed by atoms with Crippen molar-refractivity contribution in [2.24, 2.45) is 5.41 Å². The zero-order valence-corrected chi connectivity index (χ0v) is 16.6. The van der Waals surface area contributed by atoms with Crippen molar-refractivity contribution in [2.45, 2.75) is 65.8 Å². The Morgan fingerprint density at radius 1 is 1.20 bits per heavy atom. The normalized spacial score (nSPS) is 17.4. The Hall–Kier alpha value is -1.15. The average Bonchev–Trinajstić information content (AvgIpc) is 2.51. The SMILES string of the molecule is CCS(=O)(=O)N1CCC(N(CC(=O)O)C(=O)CCCC(C)(C)C)CC1. The Balaban J connectivity index is 2.67. The highest BCUT2D eigenvalue weighted by Gasteiger charge is 2.32. The van der Waals surface area contributed by atoms with Gasteiger partial charge in [0.1, 0.15) is 6.54 Å². The molecule has 146 valence electrons. The zero-order valence-electron chi connectivity index (χ0n) is 15.8. The minimum absolute atomic E-state index is 0.0578. The predicted octanol–water partition coefficient (Wildman–Crippen LogP) is 1.93. The summed E-state index contributed by atoms with van der Waals surface area (Å²) in [5, 5.41) is 9.14. The van der Waals surface area contributed by atoms with E-state index < -0.39 is 16.0 Å². The van der Waals surface area contributed by atoms with Gasteiger partial charge in [0.15, 0.2) is 0 Å². The van der Waals surface area contributed by atoms with E-state index in [0.717, 1.165) is 12.8 Å². The molecule has 1 saturated heterocycles. The molecule has 0 spiro atoms. The van der Waals surface area contributed by atoms with E-state index in [4.69, 9.17) is 5.11 Å². The van der Waals surface area contributed by atoms with Crippen LogP contribution in [-0.4, -0.2) is 66.0 Å². The number of carboxylic acids is 1. The van der Waals surface area contributed by atoms with Crippen LogP contribution in [0.3, 0.4) is 0 Å². The van der Waals surface area contributed by atoms with Crippen LogP contribution in [0.4, 0.5) is 0 Å². The van der Waals surface area contributed by atoms with Crippen molar-refractivity contribution in [3.63, 3.8) is 0 Å². The Bertz CT molecular complexity index is 560. The number of carbonyl (C=O) groups excluding carboxylic acids is 1. The van der Waals surface area contributed by atoms with Gasteiger partial charge in [0.05, 0.1) is 5.75 Å². The van der Waals surface area contributed by atoms with Gasteiger partial charge in [0, 0.05) is 25.6 Å². The molecule has 1 rings (SSSR count). The maximum Gasteiger partial charge on any atom is 0.323 e. The highest BCUT2D eigenvalue weighted by atomic mass is 32.2. The van der Waals surface area contributed by atoms with Crippen LogP contribution in [0.25, 0.3) is 0 Å². The Labute approximate surface area is 151 Å². The molecule has 25 heavy (non-hydrogen) atoms. The molecular weight excluding hydrogens is 344 g/mol. The number of piperidine rings is 1. The van der Waals surface area contributed by atoms with E-state index in [2.05, 4.69) is 20.8 Å². The largest absolute Gasteiger partial charge is 0.480 e. The fourth-order valence-electron chi connectivity index (χ4n) is 3.09. The van der Waals surface area contributed by atoms with E-state index in [1.165, 1.54) is 9.21 Å². The molecule has 1 fully saturated rings. The summed E-state index contributed by atoms with van der Waals surface area (Å²) >= 11 is 0. The summed E-state index contributed by atoms with van der Waals surface area (Å²) in [5.41, 5.74) is 0.137. The molecule has 8 heteroatoms. The maximum absolute atomic E-state index is 12.5. The predicted molar refractivity (Wildman–Crippen MR) is 96.7 cm³/mol. The first-order valence-corrected chi connectivity index (χ1v) is 10.6. The average molecular weight is 377 g/mol. The summed E-state index contributed by atoms with van der Waals surface area (Å²) in [7, 11) is -3.23. The third-order valence-corrected chi connectivity index (χ3v) is 6.45. The van der Waals surface area contributed by atoms with Gasteiger partial charge < -0.3 is 10.0 Å². The molecule has 0 aromatic rings. The molecule has 1 N–H and O–H groups in total. The number of hydrogen-bond acceptors (Lipinski definition) is 4. The first kappa shape index (κ1) is 21.9. The second-order valence-electron chi connectivity index (χ2n) is 7.86. The number of nitrogens with zero attached hydrogens (tertiary/aromatic N) is 2. The molecule has 0 bridgehead atoms. The van der Waals surface area contributed by atoms with Gasteiger partial charge in [-0.25, -0.2) is 12.7 Å². The molecule has 0 atom stereocenters. The molecule has 0 aromatic carbocycles. The van der Waals surface area contributed by atoms with E-state index in [1.807, 2.05) is 0 Å². The maximum atomic E-state index is 12.5. The number of rotatable bonds is 8. The zero-order chi connectivity index (χ0) is 19.3. The molecule has 0 aliphatic carbocycles. The minimum atomic E-state index is -3.23. The van der Waals surface area contributed by atoms with Crippen molar-refractivity contribution in [1.82, 2.24) is 9.21 Å². The fraction of sp³-hybridized carbons (Fsp3) is 0.882. The van der Waals surface area contributed by atoms with Gasteiger partial charge in [-0.15, -0.1) is 0 Å². The highest BCUT2D eigenvalue weighted by molar-refractivity contribution is 7.89. The summed E-state index contributed by atoms with van der Waals surface area (Å²) < 4.78 is 25.3. The lowest BCUT2D eigenvalue weighted by molar-refractivity contribution is -0.147. The van der Waals surface area contributed by atoms with Crippen LogP contribution in [0.2, 0.25) is 0 Å². The number of hydrogen-bond donors (Lipinski definition) is 1. The summed E-state index contributed by atoms with van der Waals surface area (Å²) in [6.07, 6.45) is 2.92. The lowest BCUT2D eigenvalue weighted by Crippen LogP contribution is -2.50. The summed E-state index contributed by atoms with van der Waals surface area (Å²) in [5.74, 6) is -1.13. The first-order valence-electron chi connectivity index (χ1n) is 8.95. The first-order chi connectivity index (χ1) is 11.5. The molecule has 0 radical (unpaired) electrons. The molecular formula is C17H32N2O5S. The second-order valence-corrected chi connectivity index (χ2v) is 10.1. The summed E-state index contributed by atoms with van der Waals surface area (Å²) in [4.78, 5) is 25.1. The second kappa shape index (κ2) is 8.98. The molecule has 1 aliphatic rings. The van der Waals surface area contributed by atoms with Crippen LogP contribution in [0, 0.1) is 5.41 Å². The van der Waals surface area contributed by atoms with E-state index in [9.17, 15) is 18.0 Å². The smallest absolute Gasteiger partial charge is 0.323 e. The monoisotopic (exact) mass is 376 g/mol. The molecule has 0 unspecified atom stereocenters. The van der Waals surface area contributed by atoms with E-state index in [0.29, 0.717) is 32.4 Å². The van der Waals surface area contributed by atoms with Gasteiger partial charge in [-0.05, 0) is 38.0 Å². The van der Waals surface area contributed by atoms with Crippen molar-refractivity contribution in [1.29, 1.82) is 0 Å². The van der Waals surface area contributed by atoms with Gasteiger partial charge in [-0.1, -0.05) is 20.8 Å². The van der Waals surface area contributed by atoms with Gasteiger partial charge in [0.2, 0.25) is 15.9 Å². The number of sulfonamides is 1. The summed E-state index contributed by atoms with van der Waals surface area (Å²) in [6.45, 7) is 8.29. The third kappa shape index (κ3) is 7.32. The van der Waals surface area contributed by atoms with Gasteiger partial charge in [-0.3, -0.25) is 9.59 Å². The van der Waals surface area contributed by atoms with Crippen molar-refractivity contribution in [3.8, 4) is 0 Å². The Kier molecular flexibility index (Phi) is 7.87. The van der Waals surface area contributed by atoms with Crippen LogP contribution in [0.1, 0.15) is 59.8 Å². The van der Waals surface area contributed by atoms with Gasteiger partial charge >= 0.3 is 5.97 Å². The fourth-order valence-corrected chi connectivity index (χ4v) is 4.23. The standard InChI is InChI=1S/C17H32N2O5S/c1-5-25(23,24)18-11-8-14(9-12-18)19(13-16(21)22)15(20)7-6-10-17(2,3)4/h14H,5-13H2,1-4H3,(H,21,22). The van der Waals surface area contributed by atoms with Crippen molar-refractivity contribution >= 4 is 21.9 Å². The Morgan fingerprint density at radius 2 is 1.76 bits per heavy atom. The van der Waals surface area contributed by atoms with Crippen molar-refractivity contribution in [2.75, 3.05) is 25.4 Å². The third-order valence-electron chi connectivity index (χ3n) is 4.57. The van der Waals surface area contributed by atoms with Crippen LogP contribution in [-0.2, 0) is 19.6 Å². The quantitative estimate of drug-likeness (QED) is 0.698. The van der Waals surface area contributed by atoms with Crippen molar-refractivity contribution in [3.05, 3.63) is 0 Å². The topological polar surface area (TPSA) is 95.0 Å². The lowest BCUT2D eigenvalue weighted by Gasteiger charge is -2.37. The molecule has 0 aromatic heterocycles. The van der Waals surface area contributed by atoms with Crippen LogP contribution in [0.15, 0.2) is 0 Å². The van der Waals surface area contributed by atoms with E-state index in [1.54, 1.807) is 6.92 Å². The number of amides is 1. The number of carboxylic acid groups (broad SMARTS) is 1. The lowest BCUT2D eigenvalue weighted by atomic mass is 9.89. The number of carbonyl (C=O) groups is 2. The van der Waals surface area contributed by atoms with Gasteiger partial charge in [-0.2, -0.15) is 0 Å². The Morgan fingerprint density at radius 3 is 2.20 bits per heavy atom. The molecule has 1 amide bonds. The van der Waals surface area contributed by atoms with Crippen LogP contribution < -0.4 is 0 Å². The molecule has 0 saturated carbocycles. The summed E-state index contributed by atoms with van der Waals surface area (Å²) in [6, 6.07) is -0.207. The van der Waals surface area contributed by atoms with Crippen molar-refractivity contribution < 1.29 is 23.1 Å². The van der Waals surface area contributed by atoms with Crippen LogP contribution in [0.5, 0.6) is 0 Å². The minimum Gasteiger partial charge on any atom is -0.480 e. The van der Waals surface area contributed by atoms with E-state index in [-0.39, 0.29) is 29.7 Å². The van der Waals surface area contributed by atoms with E-state index >= 15 is 0 Å². The van der Waals surface area contributed by atoms with Crippen LogP contribution >= 0.6 is 0 Å². The molecule has 1 aliphatic heterocycles. The highest BCUT2D eigenvalue weighted by Crippen LogP contribution is 2.24. The number of aliphatic carboxylic acids is 1.